The molecule has 0 aromatic heterocycles. The van der Waals surface area contributed by atoms with Crippen LogP contribution in [0.4, 0.5) is 8.78 Å². The number of rotatable bonds is 7. The molecule has 1 aliphatic rings. The van der Waals surface area contributed by atoms with Crippen LogP contribution < -0.4 is 0 Å². The fourth-order valence-electron chi connectivity index (χ4n) is 1.52. The second-order valence-corrected chi connectivity index (χ2v) is 8.74. The van der Waals surface area contributed by atoms with Gasteiger partial charge in [0.15, 0.2) is 0 Å². The van der Waals surface area contributed by atoms with Crippen molar-refractivity contribution in [3.8, 4) is 0 Å². The van der Waals surface area contributed by atoms with Gasteiger partial charge in [0.05, 0.1) is 6.61 Å². The maximum absolute atomic E-state index is 13.3. The van der Waals surface area contributed by atoms with Crippen molar-refractivity contribution in [1.29, 1.82) is 0 Å². The smallest absolute Gasteiger partial charge is 0.384 e. The van der Waals surface area contributed by atoms with Gasteiger partial charge in [0.1, 0.15) is 18.3 Å². The van der Waals surface area contributed by atoms with Crippen molar-refractivity contribution >= 4 is 23.5 Å². The van der Waals surface area contributed by atoms with Gasteiger partial charge >= 0.3 is 29.4 Å². The van der Waals surface area contributed by atoms with Gasteiger partial charge in [0, 0.05) is 0 Å². The van der Waals surface area contributed by atoms with E-state index in [0.29, 0.717) is 0 Å². The molecule has 17 heteroatoms. The third-order valence-electron chi connectivity index (χ3n) is 2.49. The molecule has 0 aliphatic carbocycles. The molecule has 0 amide bonds. The van der Waals surface area contributed by atoms with Crippen molar-refractivity contribution in [2.45, 2.75) is 31.2 Å². The fourth-order valence-corrected chi connectivity index (χ4v) is 4.55. The first-order valence-electron chi connectivity index (χ1n) is 5.55. The van der Waals surface area contributed by atoms with Gasteiger partial charge in [-0.05, 0) is 6.92 Å². The molecule has 0 aromatic carbocycles. The van der Waals surface area contributed by atoms with E-state index in [2.05, 4.69) is 17.9 Å². The number of alkyl halides is 2. The number of aliphatic hydroxyl groups is 1. The van der Waals surface area contributed by atoms with Gasteiger partial charge in [-0.3, -0.25) is 4.52 Å². The van der Waals surface area contributed by atoms with Crippen LogP contribution in [0.15, 0.2) is 0 Å². The molecule has 5 atom stereocenters. The SMILES string of the molecule is CC1OC(COP(=O)(O)OP(=O)(O)OP(=O)(O)O)C(O)C1(F)F. The van der Waals surface area contributed by atoms with Gasteiger partial charge in [0.2, 0.25) is 0 Å². The first-order valence-corrected chi connectivity index (χ1v) is 10.1. The lowest BCUT2D eigenvalue weighted by molar-refractivity contribution is -0.106. The summed E-state index contributed by atoms with van der Waals surface area (Å²) in [5, 5.41) is 9.27. The minimum atomic E-state index is -5.70. The van der Waals surface area contributed by atoms with Crippen molar-refractivity contribution in [1.82, 2.24) is 0 Å². The topological polar surface area (TPSA) is 189 Å². The van der Waals surface area contributed by atoms with Gasteiger partial charge in [-0.25, -0.2) is 22.5 Å². The second-order valence-electron chi connectivity index (χ2n) is 4.32. The minimum absolute atomic E-state index is 0.925. The monoisotopic (exact) mass is 408 g/mol. The van der Waals surface area contributed by atoms with Crippen molar-refractivity contribution < 1.29 is 65.0 Å². The number of hydrogen-bond acceptors (Lipinski definition) is 8. The summed E-state index contributed by atoms with van der Waals surface area (Å²) < 4.78 is 74.8. The van der Waals surface area contributed by atoms with Crippen LogP contribution in [0.2, 0.25) is 0 Å². The van der Waals surface area contributed by atoms with E-state index in [4.69, 9.17) is 19.6 Å². The molecular formula is C6H13F2O12P3. The number of phosphoric ester groups is 1. The second kappa shape index (κ2) is 6.83. The lowest BCUT2D eigenvalue weighted by atomic mass is 10.1. The normalized spacial score (nSPS) is 33.1. The quantitative estimate of drug-likeness (QED) is 0.358. The number of halogens is 2. The third kappa shape index (κ3) is 6.20. The van der Waals surface area contributed by atoms with Crippen LogP contribution in [0.5, 0.6) is 0 Å². The van der Waals surface area contributed by atoms with E-state index in [1.807, 2.05) is 0 Å². The predicted molar refractivity (Wildman–Crippen MR) is 65.1 cm³/mol. The van der Waals surface area contributed by atoms with E-state index in [1.54, 1.807) is 0 Å². The van der Waals surface area contributed by atoms with Crippen molar-refractivity contribution in [3.05, 3.63) is 0 Å². The Morgan fingerprint density at radius 2 is 1.61 bits per heavy atom. The Morgan fingerprint density at radius 3 is 2.00 bits per heavy atom. The fraction of sp³-hybridized carbons (Fsp3) is 1.00. The molecule has 5 unspecified atom stereocenters. The molecule has 1 fully saturated rings. The average Bonchev–Trinajstić information content (AvgIpc) is 2.45. The molecule has 1 heterocycles. The van der Waals surface area contributed by atoms with E-state index >= 15 is 0 Å². The molecule has 23 heavy (non-hydrogen) atoms. The van der Waals surface area contributed by atoms with Crippen LogP contribution in [0.1, 0.15) is 6.92 Å². The first kappa shape index (κ1) is 21.2. The Labute approximate surface area is 127 Å². The molecule has 0 saturated carbocycles. The van der Waals surface area contributed by atoms with E-state index < -0.39 is 54.3 Å². The Morgan fingerprint density at radius 1 is 1.09 bits per heavy atom. The zero-order valence-electron chi connectivity index (χ0n) is 11.1. The number of phosphoric acid groups is 3. The van der Waals surface area contributed by atoms with Crippen LogP contribution in [0.3, 0.4) is 0 Å². The Balaban J connectivity index is 2.65. The number of aliphatic hydroxyl groups excluding tert-OH is 1. The highest BCUT2D eigenvalue weighted by Gasteiger charge is 2.56. The molecule has 5 N–H and O–H groups in total. The summed E-state index contributed by atoms with van der Waals surface area (Å²) in [7, 11) is -16.7. The van der Waals surface area contributed by atoms with Crippen molar-refractivity contribution in [3.63, 3.8) is 0 Å². The lowest BCUT2D eigenvalue weighted by Gasteiger charge is -2.19. The van der Waals surface area contributed by atoms with Gasteiger partial charge in [-0.15, -0.1) is 0 Å². The summed E-state index contributed by atoms with van der Waals surface area (Å²) >= 11 is 0. The van der Waals surface area contributed by atoms with Crippen molar-refractivity contribution in [2.24, 2.45) is 0 Å². The van der Waals surface area contributed by atoms with Gasteiger partial charge < -0.3 is 29.4 Å². The van der Waals surface area contributed by atoms with Crippen molar-refractivity contribution in [2.75, 3.05) is 6.61 Å². The predicted octanol–water partition coefficient (Wildman–Crippen LogP) is 0.113. The third-order valence-corrected chi connectivity index (χ3v) is 6.29. The molecule has 0 spiro atoms. The van der Waals surface area contributed by atoms with Gasteiger partial charge in [0.25, 0.3) is 0 Å². The molecular weight excluding hydrogens is 395 g/mol. The zero-order chi connectivity index (χ0) is 18.3. The van der Waals surface area contributed by atoms with Gasteiger partial charge in [-0.2, -0.15) is 8.62 Å². The van der Waals surface area contributed by atoms with Crippen LogP contribution in [-0.4, -0.2) is 55.5 Å². The summed E-state index contributed by atoms with van der Waals surface area (Å²) in [4.78, 5) is 34.6. The van der Waals surface area contributed by atoms with E-state index in [0.717, 1.165) is 6.92 Å². The molecule has 1 rings (SSSR count). The summed E-state index contributed by atoms with van der Waals surface area (Å²) in [6.45, 7) is -0.223. The minimum Gasteiger partial charge on any atom is -0.384 e. The summed E-state index contributed by atoms with van der Waals surface area (Å²) in [5.74, 6) is -3.66. The lowest BCUT2D eigenvalue weighted by Crippen LogP contribution is -2.39. The van der Waals surface area contributed by atoms with Crippen LogP contribution in [-0.2, 0) is 31.6 Å². The molecule has 0 aromatic rings. The van der Waals surface area contributed by atoms with E-state index in [-0.39, 0.29) is 0 Å². The zero-order valence-corrected chi connectivity index (χ0v) is 13.8. The molecule has 1 aliphatic heterocycles. The van der Waals surface area contributed by atoms with E-state index in [1.165, 1.54) is 0 Å². The molecule has 138 valence electrons. The Hall–Kier alpha value is 0.190. The number of ether oxygens (including phenoxy) is 1. The standard InChI is InChI=1S/C6H13F2O12P3/c1-3-6(7,8)5(9)4(18-3)2-17-22(13,14)20-23(15,16)19-21(10,11)12/h3-5,9H,2H2,1H3,(H,13,14)(H,15,16)(H2,10,11,12). The van der Waals surface area contributed by atoms with Crippen LogP contribution >= 0.6 is 23.5 Å². The highest BCUT2D eigenvalue weighted by atomic mass is 31.3. The first-order chi connectivity index (χ1) is 10.1. The maximum atomic E-state index is 13.3. The summed E-state index contributed by atoms with van der Waals surface area (Å²) in [6.07, 6.45) is -5.87. The van der Waals surface area contributed by atoms with Crippen LogP contribution in [0, 0.1) is 0 Å². The Kier molecular flexibility index (Phi) is 6.31. The highest BCUT2D eigenvalue weighted by molar-refractivity contribution is 7.66. The molecule has 12 nitrogen and oxygen atoms in total. The molecule has 0 bridgehead atoms. The maximum Gasteiger partial charge on any atom is 0.490 e. The summed E-state index contributed by atoms with van der Waals surface area (Å²) in [5.41, 5.74) is 0. The van der Waals surface area contributed by atoms with Crippen LogP contribution in [0.25, 0.3) is 0 Å². The molecule has 1 saturated heterocycles. The largest absolute Gasteiger partial charge is 0.490 e. The average molecular weight is 408 g/mol. The number of hydrogen-bond donors (Lipinski definition) is 5. The van der Waals surface area contributed by atoms with E-state index in [9.17, 15) is 27.6 Å². The Bertz CT molecular complexity index is 575. The van der Waals surface area contributed by atoms with Gasteiger partial charge in [-0.1, -0.05) is 0 Å². The summed E-state index contributed by atoms with van der Waals surface area (Å²) in [6, 6.07) is 0. The molecule has 0 radical (unpaired) electrons. The highest BCUT2D eigenvalue weighted by Crippen LogP contribution is 2.66.